The van der Waals surface area contributed by atoms with Crippen LogP contribution in [0.15, 0.2) is 16.9 Å². The summed E-state index contributed by atoms with van der Waals surface area (Å²) >= 11 is 0. The Bertz CT molecular complexity index is 501. The molecule has 1 atom stereocenters. The molecule has 0 saturated heterocycles. The van der Waals surface area contributed by atoms with Gasteiger partial charge in [0.25, 0.3) is 0 Å². The Kier molecular flexibility index (Phi) is 3.59. The molecule has 19 heavy (non-hydrogen) atoms. The van der Waals surface area contributed by atoms with Gasteiger partial charge in [-0.05, 0) is 12.3 Å². The third-order valence-corrected chi connectivity index (χ3v) is 3.78. The number of nitrogens with zero attached hydrogens (tertiary/aromatic N) is 3. The van der Waals surface area contributed by atoms with Gasteiger partial charge < -0.3 is 15.2 Å². The van der Waals surface area contributed by atoms with E-state index in [-0.39, 0.29) is 6.04 Å². The van der Waals surface area contributed by atoms with Gasteiger partial charge in [-0.3, -0.25) is 0 Å². The van der Waals surface area contributed by atoms with Gasteiger partial charge >= 0.3 is 0 Å². The first-order chi connectivity index (χ1) is 9.33. The number of nitrogens with one attached hydrogen (secondary N) is 1. The molecule has 102 valence electrons. The molecule has 3 rings (SSSR count). The summed E-state index contributed by atoms with van der Waals surface area (Å²) in [6, 6.07) is -0.167. The molecule has 0 spiro atoms. The minimum atomic E-state index is -0.167. The number of aromatic amines is 1. The maximum atomic E-state index is 6.17. The van der Waals surface area contributed by atoms with Crippen LogP contribution < -0.4 is 5.73 Å². The quantitative estimate of drug-likeness (QED) is 0.881. The zero-order valence-corrected chi connectivity index (χ0v) is 10.9. The second-order valence-electron chi connectivity index (χ2n) is 5.24. The minimum absolute atomic E-state index is 0.167. The fourth-order valence-corrected chi connectivity index (χ4v) is 2.75. The molecule has 1 aliphatic carbocycles. The SMILES string of the molecule is NC(CC1CCCCC1)c1nc(-c2ncc[nH]2)no1. The summed E-state index contributed by atoms with van der Waals surface area (Å²) in [4.78, 5) is 11.4. The van der Waals surface area contributed by atoms with Crippen molar-refractivity contribution in [2.45, 2.75) is 44.6 Å². The molecule has 0 radical (unpaired) electrons. The molecule has 6 heteroatoms. The molecule has 0 aromatic carbocycles. The molecule has 1 aliphatic rings. The Hall–Kier alpha value is -1.69. The summed E-state index contributed by atoms with van der Waals surface area (Å²) in [6.07, 6.45) is 10.9. The number of H-pyrrole nitrogens is 1. The number of hydrogen-bond donors (Lipinski definition) is 2. The van der Waals surface area contributed by atoms with Crippen LogP contribution in [-0.2, 0) is 0 Å². The van der Waals surface area contributed by atoms with Crippen LogP contribution in [0.25, 0.3) is 11.6 Å². The normalized spacial score (nSPS) is 18.6. The second kappa shape index (κ2) is 5.52. The number of hydrogen-bond acceptors (Lipinski definition) is 5. The molecule has 2 aromatic rings. The second-order valence-corrected chi connectivity index (χ2v) is 5.24. The molecule has 0 amide bonds. The largest absolute Gasteiger partial charge is 0.342 e. The van der Waals surface area contributed by atoms with E-state index < -0.39 is 0 Å². The molecular formula is C13H19N5O. The van der Waals surface area contributed by atoms with Gasteiger partial charge in [-0.15, -0.1) is 0 Å². The van der Waals surface area contributed by atoms with E-state index in [0.717, 1.165) is 6.42 Å². The van der Waals surface area contributed by atoms with E-state index in [9.17, 15) is 0 Å². The van der Waals surface area contributed by atoms with E-state index in [0.29, 0.717) is 23.5 Å². The molecule has 6 nitrogen and oxygen atoms in total. The third-order valence-electron chi connectivity index (χ3n) is 3.78. The third kappa shape index (κ3) is 2.84. The highest BCUT2D eigenvalue weighted by atomic mass is 16.5. The fraction of sp³-hybridized carbons (Fsp3) is 0.615. The van der Waals surface area contributed by atoms with Gasteiger partial charge in [0.05, 0.1) is 6.04 Å². The van der Waals surface area contributed by atoms with Gasteiger partial charge in [0, 0.05) is 12.4 Å². The smallest absolute Gasteiger partial charge is 0.243 e. The molecule has 1 saturated carbocycles. The lowest BCUT2D eigenvalue weighted by Crippen LogP contribution is -2.17. The zero-order valence-electron chi connectivity index (χ0n) is 10.9. The van der Waals surface area contributed by atoms with Crippen molar-refractivity contribution >= 4 is 0 Å². The van der Waals surface area contributed by atoms with Crippen LogP contribution in [0.5, 0.6) is 0 Å². The van der Waals surface area contributed by atoms with Crippen molar-refractivity contribution in [1.82, 2.24) is 20.1 Å². The summed E-state index contributed by atoms with van der Waals surface area (Å²) in [6.45, 7) is 0. The van der Waals surface area contributed by atoms with Crippen LogP contribution in [0.2, 0.25) is 0 Å². The van der Waals surface area contributed by atoms with Gasteiger partial charge in [-0.25, -0.2) is 4.98 Å². The van der Waals surface area contributed by atoms with E-state index in [4.69, 9.17) is 10.3 Å². The fourth-order valence-electron chi connectivity index (χ4n) is 2.75. The van der Waals surface area contributed by atoms with Crippen LogP contribution in [0.1, 0.15) is 50.5 Å². The van der Waals surface area contributed by atoms with Crippen molar-refractivity contribution < 1.29 is 4.52 Å². The van der Waals surface area contributed by atoms with Crippen LogP contribution in [0, 0.1) is 5.92 Å². The number of imidazole rings is 1. The first kappa shape index (κ1) is 12.3. The summed E-state index contributed by atoms with van der Waals surface area (Å²) in [5, 5.41) is 3.91. The van der Waals surface area contributed by atoms with E-state index in [1.54, 1.807) is 12.4 Å². The van der Waals surface area contributed by atoms with Gasteiger partial charge in [-0.1, -0.05) is 37.3 Å². The van der Waals surface area contributed by atoms with E-state index in [2.05, 4.69) is 20.1 Å². The first-order valence-corrected chi connectivity index (χ1v) is 6.92. The predicted molar refractivity (Wildman–Crippen MR) is 70.0 cm³/mol. The van der Waals surface area contributed by atoms with Crippen LogP contribution >= 0.6 is 0 Å². The Morgan fingerprint density at radius 1 is 1.37 bits per heavy atom. The Morgan fingerprint density at radius 3 is 2.95 bits per heavy atom. The number of rotatable bonds is 4. The predicted octanol–water partition coefficient (Wildman–Crippen LogP) is 2.43. The van der Waals surface area contributed by atoms with Crippen molar-refractivity contribution in [3.63, 3.8) is 0 Å². The van der Waals surface area contributed by atoms with Crippen molar-refractivity contribution in [3.05, 3.63) is 18.3 Å². The van der Waals surface area contributed by atoms with Crippen molar-refractivity contribution in [2.75, 3.05) is 0 Å². The van der Waals surface area contributed by atoms with Crippen molar-refractivity contribution in [3.8, 4) is 11.6 Å². The van der Waals surface area contributed by atoms with Gasteiger partial charge in [0.2, 0.25) is 11.7 Å². The Morgan fingerprint density at radius 2 is 2.21 bits per heavy atom. The molecule has 0 aliphatic heterocycles. The molecule has 2 aromatic heterocycles. The van der Waals surface area contributed by atoms with E-state index in [1.807, 2.05) is 0 Å². The van der Waals surface area contributed by atoms with Gasteiger partial charge in [0.1, 0.15) is 0 Å². The lowest BCUT2D eigenvalue weighted by atomic mass is 9.85. The monoisotopic (exact) mass is 261 g/mol. The molecule has 2 heterocycles. The molecule has 3 N–H and O–H groups in total. The summed E-state index contributed by atoms with van der Waals surface area (Å²) < 4.78 is 5.25. The maximum absolute atomic E-state index is 6.17. The summed E-state index contributed by atoms with van der Waals surface area (Å²) in [5.41, 5.74) is 6.17. The van der Waals surface area contributed by atoms with Gasteiger partial charge in [-0.2, -0.15) is 4.98 Å². The molecule has 1 fully saturated rings. The van der Waals surface area contributed by atoms with Crippen LogP contribution in [0.4, 0.5) is 0 Å². The highest BCUT2D eigenvalue weighted by Crippen LogP contribution is 2.30. The minimum Gasteiger partial charge on any atom is -0.342 e. The lowest BCUT2D eigenvalue weighted by Gasteiger charge is -2.22. The number of nitrogens with two attached hydrogens (primary N) is 1. The van der Waals surface area contributed by atoms with E-state index in [1.165, 1.54) is 32.1 Å². The summed E-state index contributed by atoms with van der Waals surface area (Å²) in [5.74, 6) is 2.29. The van der Waals surface area contributed by atoms with Crippen molar-refractivity contribution in [2.24, 2.45) is 11.7 Å². The molecule has 1 unspecified atom stereocenters. The Balaban J connectivity index is 1.65. The lowest BCUT2D eigenvalue weighted by molar-refractivity contribution is 0.284. The average molecular weight is 261 g/mol. The molecular weight excluding hydrogens is 242 g/mol. The van der Waals surface area contributed by atoms with Crippen LogP contribution in [0.3, 0.4) is 0 Å². The maximum Gasteiger partial charge on any atom is 0.243 e. The standard InChI is InChI=1S/C13H19N5O/c14-10(8-9-4-2-1-3-5-9)13-17-12(18-19-13)11-15-6-7-16-11/h6-7,9-10H,1-5,8,14H2,(H,15,16). The van der Waals surface area contributed by atoms with Gasteiger partial charge in [0.15, 0.2) is 5.82 Å². The highest BCUT2D eigenvalue weighted by molar-refractivity contribution is 5.40. The zero-order chi connectivity index (χ0) is 13.1. The average Bonchev–Trinajstić information content (AvgIpc) is 3.11. The number of aromatic nitrogens is 4. The summed E-state index contributed by atoms with van der Waals surface area (Å²) in [7, 11) is 0. The van der Waals surface area contributed by atoms with Crippen LogP contribution in [-0.4, -0.2) is 20.1 Å². The van der Waals surface area contributed by atoms with Crippen molar-refractivity contribution in [1.29, 1.82) is 0 Å². The Labute approximate surface area is 111 Å². The molecule has 0 bridgehead atoms. The highest BCUT2D eigenvalue weighted by Gasteiger charge is 2.22. The topological polar surface area (TPSA) is 93.6 Å². The van der Waals surface area contributed by atoms with E-state index >= 15 is 0 Å². The first-order valence-electron chi connectivity index (χ1n) is 6.92.